The number of aromatic amines is 1. The summed E-state index contributed by atoms with van der Waals surface area (Å²) in [5.41, 5.74) is 0.132. The van der Waals surface area contributed by atoms with Crippen LogP contribution in [0.2, 0.25) is 0 Å². The number of nitrogens with zero attached hydrogens (tertiary/aromatic N) is 2. The second-order valence-electron chi connectivity index (χ2n) is 4.18. The molecule has 6 heteroatoms. The van der Waals surface area contributed by atoms with Crippen LogP contribution in [0.1, 0.15) is 46.7 Å². The van der Waals surface area contributed by atoms with Gasteiger partial charge in [0.05, 0.1) is 0 Å². The van der Waals surface area contributed by atoms with E-state index in [4.69, 9.17) is 5.11 Å². The van der Waals surface area contributed by atoms with Gasteiger partial charge in [0.1, 0.15) is 5.69 Å². The van der Waals surface area contributed by atoms with Gasteiger partial charge in [-0.2, -0.15) is 5.10 Å². The highest BCUT2D eigenvalue weighted by atomic mass is 16.4. The molecule has 1 fully saturated rings. The van der Waals surface area contributed by atoms with Crippen LogP contribution in [0.4, 0.5) is 0 Å². The van der Waals surface area contributed by atoms with E-state index in [2.05, 4.69) is 10.2 Å². The fraction of sp³-hybridized carbons (Fsp3) is 0.545. The van der Waals surface area contributed by atoms with Crippen molar-refractivity contribution in [2.45, 2.75) is 25.7 Å². The number of carboxylic acid groups (broad SMARTS) is 1. The smallest absolute Gasteiger partial charge is 0.353 e. The number of aromatic nitrogens is 2. The van der Waals surface area contributed by atoms with Gasteiger partial charge in [-0.25, -0.2) is 4.79 Å². The van der Waals surface area contributed by atoms with E-state index in [1.807, 2.05) is 0 Å². The highest BCUT2D eigenvalue weighted by molar-refractivity contribution is 5.95. The number of amides is 1. The van der Waals surface area contributed by atoms with E-state index in [-0.39, 0.29) is 17.3 Å². The molecule has 2 heterocycles. The second-order valence-corrected chi connectivity index (χ2v) is 4.18. The van der Waals surface area contributed by atoms with Crippen molar-refractivity contribution in [3.8, 4) is 0 Å². The molecule has 17 heavy (non-hydrogen) atoms. The number of nitrogens with one attached hydrogen (secondary N) is 1. The van der Waals surface area contributed by atoms with E-state index in [0.717, 1.165) is 38.8 Å². The number of rotatable bonds is 2. The number of H-pyrrole nitrogens is 1. The lowest BCUT2D eigenvalue weighted by Gasteiger charge is -2.18. The molecule has 0 bridgehead atoms. The van der Waals surface area contributed by atoms with Gasteiger partial charge in [-0.15, -0.1) is 0 Å². The van der Waals surface area contributed by atoms with Crippen LogP contribution in [-0.4, -0.2) is 45.2 Å². The Balaban J connectivity index is 2.09. The van der Waals surface area contributed by atoms with Gasteiger partial charge in [0.25, 0.3) is 5.91 Å². The lowest BCUT2D eigenvalue weighted by molar-refractivity contribution is 0.0690. The van der Waals surface area contributed by atoms with Crippen LogP contribution < -0.4 is 0 Å². The third-order valence-electron chi connectivity index (χ3n) is 2.92. The Labute approximate surface area is 98.6 Å². The quantitative estimate of drug-likeness (QED) is 0.807. The summed E-state index contributed by atoms with van der Waals surface area (Å²) in [4.78, 5) is 24.5. The molecule has 0 atom stereocenters. The summed E-state index contributed by atoms with van der Waals surface area (Å²) < 4.78 is 0. The summed E-state index contributed by atoms with van der Waals surface area (Å²) in [7, 11) is 0. The second kappa shape index (κ2) is 4.99. The minimum absolute atomic E-state index is 0.0526. The summed E-state index contributed by atoms with van der Waals surface area (Å²) in [5, 5.41) is 14.8. The SMILES string of the molecule is O=C(O)c1cc(C(=O)N2CCCCCC2)n[nH]1. The minimum Gasteiger partial charge on any atom is -0.477 e. The minimum atomic E-state index is -1.10. The van der Waals surface area contributed by atoms with Gasteiger partial charge in [0.2, 0.25) is 0 Å². The lowest BCUT2D eigenvalue weighted by atomic mass is 10.2. The summed E-state index contributed by atoms with van der Waals surface area (Å²) in [6, 6.07) is 1.29. The Morgan fingerprint density at radius 2 is 1.88 bits per heavy atom. The van der Waals surface area contributed by atoms with Gasteiger partial charge in [-0.1, -0.05) is 12.8 Å². The number of carbonyl (C=O) groups excluding carboxylic acids is 1. The predicted molar refractivity (Wildman–Crippen MR) is 59.9 cm³/mol. The molecular weight excluding hydrogens is 222 g/mol. The molecule has 1 aromatic rings. The topological polar surface area (TPSA) is 86.3 Å². The van der Waals surface area contributed by atoms with E-state index < -0.39 is 5.97 Å². The molecule has 0 unspecified atom stereocenters. The maximum Gasteiger partial charge on any atom is 0.353 e. The number of hydrogen-bond acceptors (Lipinski definition) is 3. The standard InChI is InChI=1S/C11H15N3O3/c15-10(14-5-3-1-2-4-6-14)8-7-9(11(16)17)13-12-8/h7H,1-6H2,(H,12,13)(H,16,17). The molecular formula is C11H15N3O3. The summed E-state index contributed by atoms with van der Waals surface area (Å²) in [6.45, 7) is 1.46. The molecule has 0 aromatic carbocycles. The Kier molecular flexibility index (Phi) is 3.41. The average molecular weight is 237 g/mol. The van der Waals surface area contributed by atoms with Crippen LogP contribution in [0.15, 0.2) is 6.07 Å². The number of carboxylic acids is 1. The Morgan fingerprint density at radius 1 is 1.24 bits per heavy atom. The molecule has 2 rings (SSSR count). The van der Waals surface area contributed by atoms with Crippen molar-refractivity contribution in [1.29, 1.82) is 0 Å². The van der Waals surface area contributed by atoms with E-state index in [1.54, 1.807) is 4.90 Å². The van der Waals surface area contributed by atoms with Crippen molar-refractivity contribution in [3.63, 3.8) is 0 Å². The molecule has 0 spiro atoms. The van der Waals surface area contributed by atoms with E-state index in [0.29, 0.717) is 0 Å². The molecule has 1 aliphatic rings. The zero-order chi connectivity index (χ0) is 12.3. The number of aromatic carboxylic acids is 1. The van der Waals surface area contributed by atoms with Crippen LogP contribution in [0.5, 0.6) is 0 Å². The van der Waals surface area contributed by atoms with Crippen LogP contribution in [-0.2, 0) is 0 Å². The zero-order valence-electron chi connectivity index (χ0n) is 9.48. The fourth-order valence-corrected chi connectivity index (χ4v) is 1.98. The van der Waals surface area contributed by atoms with Crippen LogP contribution in [0.3, 0.4) is 0 Å². The molecule has 1 aliphatic heterocycles. The van der Waals surface area contributed by atoms with E-state index in [9.17, 15) is 9.59 Å². The molecule has 0 saturated carbocycles. The third kappa shape index (κ3) is 2.64. The molecule has 2 N–H and O–H groups in total. The third-order valence-corrected chi connectivity index (χ3v) is 2.92. The molecule has 92 valence electrons. The molecule has 0 aliphatic carbocycles. The Morgan fingerprint density at radius 3 is 2.41 bits per heavy atom. The zero-order valence-corrected chi connectivity index (χ0v) is 9.48. The van der Waals surface area contributed by atoms with Crippen molar-refractivity contribution in [2.24, 2.45) is 0 Å². The summed E-state index contributed by atoms with van der Waals surface area (Å²) >= 11 is 0. The van der Waals surface area contributed by atoms with E-state index in [1.165, 1.54) is 6.07 Å². The first-order chi connectivity index (χ1) is 8.18. The Bertz CT molecular complexity index is 419. The molecule has 1 amide bonds. The first kappa shape index (κ1) is 11.6. The van der Waals surface area contributed by atoms with Crippen LogP contribution in [0, 0.1) is 0 Å². The number of carbonyl (C=O) groups is 2. The highest BCUT2D eigenvalue weighted by Gasteiger charge is 2.20. The first-order valence-corrected chi connectivity index (χ1v) is 5.76. The highest BCUT2D eigenvalue weighted by Crippen LogP contribution is 2.12. The van der Waals surface area contributed by atoms with Gasteiger partial charge < -0.3 is 10.0 Å². The van der Waals surface area contributed by atoms with Crippen molar-refractivity contribution in [3.05, 3.63) is 17.5 Å². The summed E-state index contributed by atoms with van der Waals surface area (Å²) in [6.07, 6.45) is 4.29. The fourth-order valence-electron chi connectivity index (χ4n) is 1.98. The van der Waals surface area contributed by atoms with Gasteiger partial charge in [-0.05, 0) is 12.8 Å². The van der Waals surface area contributed by atoms with Gasteiger partial charge in [0.15, 0.2) is 5.69 Å². The van der Waals surface area contributed by atoms with Crippen molar-refractivity contribution >= 4 is 11.9 Å². The van der Waals surface area contributed by atoms with Gasteiger partial charge in [-0.3, -0.25) is 9.89 Å². The molecule has 0 radical (unpaired) electrons. The normalized spacial score (nSPS) is 16.6. The molecule has 6 nitrogen and oxygen atoms in total. The van der Waals surface area contributed by atoms with Crippen molar-refractivity contribution in [1.82, 2.24) is 15.1 Å². The summed E-state index contributed by atoms with van der Waals surface area (Å²) in [5.74, 6) is -1.29. The van der Waals surface area contributed by atoms with Gasteiger partial charge in [0, 0.05) is 19.2 Å². The van der Waals surface area contributed by atoms with Crippen molar-refractivity contribution < 1.29 is 14.7 Å². The van der Waals surface area contributed by atoms with Crippen LogP contribution in [0.25, 0.3) is 0 Å². The number of hydrogen-bond donors (Lipinski definition) is 2. The number of likely N-dealkylation sites (tertiary alicyclic amines) is 1. The molecule has 1 aromatic heterocycles. The van der Waals surface area contributed by atoms with Gasteiger partial charge >= 0.3 is 5.97 Å². The van der Waals surface area contributed by atoms with E-state index >= 15 is 0 Å². The van der Waals surface area contributed by atoms with Crippen LogP contribution >= 0.6 is 0 Å². The largest absolute Gasteiger partial charge is 0.477 e. The average Bonchev–Trinajstić information content (AvgIpc) is 2.65. The monoisotopic (exact) mass is 237 g/mol. The lowest BCUT2D eigenvalue weighted by Crippen LogP contribution is -2.32. The first-order valence-electron chi connectivity index (χ1n) is 5.76. The maximum absolute atomic E-state index is 12.0. The Hall–Kier alpha value is -1.85. The predicted octanol–water partition coefficient (Wildman–Crippen LogP) is 1.12. The van der Waals surface area contributed by atoms with Crippen molar-refractivity contribution in [2.75, 3.05) is 13.1 Å². The maximum atomic E-state index is 12.0. The molecule has 1 saturated heterocycles.